The molecule has 0 atom stereocenters. The van der Waals surface area contributed by atoms with E-state index in [-0.39, 0.29) is 21.9 Å². The van der Waals surface area contributed by atoms with Crippen molar-refractivity contribution in [2.24, 2.45) is 11.3 Å². The highest BCUT2D eigenvalue weighted by molar-refractivity contribution is 7.99. The van der Waals surface area contributed by atoms with Crippen LogP contribution in [-0.2, 0) is 4.79 Å². The fraction of sp³-hybridized carbons (Fsp3) is 0.611. The molecule has 1 aromatic carbocycles. The molecule has 0 bridgehead atoms. The fourth-order valence-corrected chi connectivity index (χ4v) is 3.60. The van der Waals surface area contributed by atoms with E-state index in [9.17, 15) is 14.9 Å². The summed E-state index contributed by atoms with van der Waals surface area (Å²) in [5.41, 5.74) is 0.343. The number of amides is 1. The number of carbonyl (C=O) groups is 1. The molecule has 6 heteroatoms. The molecule has 2 rings (SSSR count). The zero-order valence-electron chi connectivity index (χ0n) is 14.6. The monoisotopic (exact) mass is 350 g/mol. The summed E-state index contributed by atoms with van der Waals surface area (Å²) in [6.45, 7) is 6.28. The number of anilines is 1. The highest BCUT2D eigenvalue weighted by Crippen LogP contribution is 2.50. The standard InChI is InChI=1S/C18H26N2O3S/c1-4-5-8-18(9-10-18)17(21)19-14-6-7-16(24-12-13(2)3)15(11-14)20(22)23/h6-7,11,13H,4-5,8-10,12H2,1-3H3,(H,19,21). The molecule has 1 aliphatic rings. The van der Waals surface area contributed by atoms with Crippen molar-refractivity contribution in [1.29, 1.82) is 0 Å². The third-order valence-electron chi connectivity index (χ3n) is 4.33. The van der Waals surface area contributed by atoms with Gasteiger partial charge in [0, 0.05) is 22.9 Å². The Labute approximate surface area is 147 Å². The van der Waals surface area contributed by atoms with Gasteiger partial charge in [-0.15, -0.1) is 11.8 Å². The molecule has 0 saturated heterocycles. The molecular weight excluding hydrogens is 324 g/mol. The second-order valence-corrected chi connectivity index (χ2v) is 8.04. The van der Waals surface area contributed by atoms with Gasteiger partial charge in [-0.3, -0.25) is 14.9 Å². The van der Waals surface area contributed by atoms with Crippen LogP contribution >= 0.6 is 11.8 Å². The summed E-state index contributed by atoms with van der Waals surface area (Å²) in [4.78, 5) is 24.1. The number of hydrogen-bond donors (Lipinski definition) is 1. The lowest BCUT2D eigenvalue weighted by atomic mass is 9.98. The summed E-state index contributed by atoms with van der Waals surface area (Å²) in [7, 11) is 0. The Hall–Kier alpha value is -1.56. The number of nitrogens with zero attached hydrogens (tertiary/aromatic N) is 1. The van der Waals surface area contributed by atoms with Crippen molar-refractivity contribution in [1.82, 2.24) is 0 Å². The van der Waals surface area contributed by atoms with Gasteiger partial charge in [0.1, 0.15) is 0 Å². The molecular formula is C18H26N2O3S. The zero-order chi connectivity index (χ0) is 17.7. The smallest absolute Gasteiger partial charge is 0.284 e. The van der Waals surface area contributed by atoms with E-state index in [1.807, 2.05) is 0 Å². The van der Waals surface area contributed by atoms with Crippen LogP contribution in [0.25, 0.3) is 0 Å². The predicted molar refractivity (Wildman–Crippen MR) is 98.5 cm³/mol. The van der Waals surface area contributed by atoms with Gasteiger partial charge in [0.05, 0.1) is 9.82 Å². The van der Waals surface area contributed by atoms with Crippen LogP contribution in [0.5, 0.6) is 0 Å². The van der Waals surface area contributed by atoms with E-state index in [0.717, 1.165) is 37.9 Å². The first-order valence-electron chi connectivity index (χ1n) is 8.60. The van der Waals surface area contributed by atoms with E-state index in [2.05, 4.69) is 26.1 Å². The summed E-state index contributed by atoms with van der Waals surface area (Å²) in [5.74, 6) is 1.29. The van der Waals surface area contributed by atoms with Gasteiger partial charge in [-0.2, -0.15) is 0 Å². The molecule has 24 heavy (non-hydrogen) atoms. The summed E-state index contributed by atoms with van der Waals surface area (Å²) < 4.78 is 0. The third-order valence-corrected chi connectivity index (χ3v) is 5.82. The van der Waals surface area contributed by atoms with Crippen LogP contribution in [-0.4, -0.2) is 16.6 Å². The minimum atomic E-state index is -0.373. The first-order chi connectivity index (χ1) is 11.4. The third kappa shape index (κ3) is 4.72. The van der Waals surface area contributed by atoms with E-state index in [1.165, 1.54) is 17.8 Å². The minimum absolute atomic E-state index is 0.00725. The van der Waals surface area contributed by atoms with Crippen molar-refractivity contribution in [2.75, 3.05) is 11.1 Å². The average Bonchev–Trinajstić information content (AvgIpc) is 3.32. The van der Waals surface area contributed by atoms with Gasteiger partial charge in [0.25, 0.3) is 5.69 Å². The first-order valence-corrected chi connectivity index (χ1v) is 9.59. The lowest BCUT2D eigenvalue weighted by Crippen LogP contribution is -2.24. The molecule has 132 valence electrons. The van der Waals surface area contributed by atoms with E-state index >= 15 is 0 Å². The van der Waals surface area contributed by atoms with Crippen molar-refractivity contribution in [3.05, 3.63) is 28.3 Å². The Morgan fingerprint density at radius 2 is 2.12 bits per heavy atom. The second kappa shape index (κ2) is 8.01. The molecule has 0 radical (unpaired) electrons. The molecule has 0 aliphatic heterocycles. The Balaban J connectivity index is 2.09. The quantitative estimate of drug-likeness (QED) is 0.375. The lowest BCUT2D eigenvalue weighted by Gasteiger charge is -2.15. The maximum absolute atomic E-state index is 12.5. The van der Waals surface area contributed by atoms with Gasteiger partial charge in [-0.1, -0.05) is 33.6 Å². The van der Waals surface area contributed by atoms with Gasteiger partial charge in [-0.05, 0) is 37.3 Å². The molecule has 0 heterocycles. The normalized spacial score (nSPS) is 15.3. The number of rotatable bonds is 9. The van der Waals surface area contributed by atoms with Crippen molar-refractivity contribution >= 4 is 29.0 Å². The molecule has 1 fully saturated rings. The number of nitro benzene ring substituents is 1. The molecule has 5 nitrogen and oxygen atoms in total. The maximum Gasteiger partial charge on any atom is 0.284 e. The van der Waals surface area contributed by atoms with Crippen LogP contribution < -0.4 is 5.32 Å². The fourth-order valence-electron chi connectivity index (χ4n) is 2.64. The molecule has 1 amide bonds. The summed E-state index contributed by atoms with van der Waals surface area (Å²) in [6, 6.07) is 4.99. The van der Waals surface area contributed by atoms with Crippen molar-refractivity contribution < 1.29 is 9.72 Å². The summed E-state index contributed by atoms with van der Waals surface area (Å²) in [6.07, 6.45) is 4.85. The molecule has 0 unspecified atom stereocenters. The number of thioether (sulfide) groups is 1. The van der Waals surface area contributed by atoms with Crippen LogP contribution in [0, 0.1) is 21.4 Å². The Bertz CT molecular complexity index is 612. The van der Waals surface area contributed by atoms with Crippen molar-refractivity contribution in [3.63, 3.8) is 0 Å². The van der Waals surface area contributed by atoms with Crippen molar-refractivity contribution in [2.45, 2.75) is 57.8 Å². The maximum atomic E-state index is 12.5. The lowest BCUT2D eigenvalue weighted by molar-refractivity contribution is -0.387. The first kappa shape index (κ1) is 18.8. The number of nitro groups is 1. The number of benzene rings is 1. The van der Waals surface area contributed by atoms with E-state index < -0.39 is 0 Å². The average molecular weight is 350 g/mol. The van der Waals surface area contributed by atoms with Crippen molar-refractivity contribution in [3.8, 4) is 0 Å². The minimum Gasteiger partial charge on any atom is -0.325 e. The highest BCUT2D eigenvalue weighted by atomic mass is 32.2. The van der Waals surface area contributed by atoms with Crippen LogP contribution in [0.15, 0.2) is 23.1 Å². The molecule has 0 spiro atoms. The second-order valence-electron chi connectivity index (χ2n) is 6.98. The number of nitrogens with one attached hydrogen (secondary N) is 1. The largest absolute Gasteiger partial charge is 0.325 e. The molecule has 0 aromatic heterocycles. The molecule has 1 saturated carbocycles. The summed E-state index contributed by atoms with van der Waals surface area (Å²) >= 11 is 1.49. The molecule has 1 aliphatic carbocycles. The molecule has 1 N–H and O–H groups in total. The SMILES string of the molecule is CCCCC1(C(=O)Nc2ccc(SCC(C)C)c([N+](=O)[O-])c2)CC1. The number of unbranched alkanes of at least 4 members (excludes halogenated alkanes) is 1. The number of carbonyl (C=O) groups excluding carboxylic acids is 1. The topological polar surface area (TPSA) is 72.2 Å². The van der Waals surface area contributed by atoms with E-state index in [4.69, 9.17) is 0 Å². The van der Waals surface area contributed by atoms with Gasteiger partial charge >= 0.3 is 0 Å². The number of hydrogen-bond acceptors (Lipinski definition) is 4. The van der Waals surface area contributed by atoms with Crippen LogP contribution in [0.1, 0.15) is 52.9 Å². The van der Waals surface area contributed by atoms with E-state index in [0.29, 0.717) is 16.5 Å². The predicted octanol–water partition coefficient (Wildman–Crippen LogP) is 5.25. The Morgan fingerprint density at radius 1 is 1.42 bits per heavy atom. The summed E-state index contributed by atoms with van der Waals surface area (Å²) in [5, 5.41) is 14.2. The Kier molecular flexibility index (Phi) is 6.27. The van der Waals surface area contributed by atoms with Crippen LogP contribution in [0.2, 0.25) is 0 Å². The van der Waals surface area contributed by atoms with Crippen LogP contribution in [0.3, 0.4) is 0 Å². The highest BCUT2D eigenvalue weighted by Gasteiger charge is 2.48. The van der Waals surface area contributed by atoms with Gasteiger partial charge < -0.3 is 5.32 Å². The van der Waals surface area contributed by atoms with E-state index in [1.54, 1.807) is 12.1 Å². The zero-order valence-corrected chi connectivity index (χ0v) is 15.4. The van der Waals surface area contributed by atoms with Crippen LogP contribution in [0.4, 0.5) is 11.4 Å². The molecule has 1 aromatic rings. The van der Waals surface area contributed by atoms with Gasteiger partial charge in [-0.25, -0.2) is 0 Å². The van der Waals surface area contributed by atoms with Gasteiger partial charge in [0.15, 0.2) is 0 Å². The van der Waals surface area contributed by atoms with Gasteiger partial charge in [0.2, 0.25) is 5.91 Å². The Morgan fingerprint density at radius 3 is 2.67 bits per heavy atom.